The maximum atomic E-state index is 13.4. The molecule has 37 heavy (non-hydrogen) atoms. The third-order valence-electron chi connectivity index (χ3n) is 6.68. The minimum absolute atomic E-state index is 0.141. The first-order chi connectivity index (χ1) is 17.8. The maximum Gasteiger partial charge on any atom is 0.322 e. The van der Waals surface area contributed by atoms with Crippen molar-refractivity contribution in [2.45, 2.75) is 31.8 Å². The molecular weight excluding hydrogens is 512 g/mol. The Morgan fingerprint density at radius 2 is 1.49 bits per heavy atom. The number of hydrogen-bond acceptors (Lipinski definition) is 4. The highest BCUT2D eigenvalue weighted by Gasteiger charge is 2.35. The lowest BCUT2D eigenvalue weighted by molar-refractivity contribution is -0.120. The van der Waals surface area contributed by atoms with Crippen LogP contribution in [0, 0.1) is 0 Å². The van der Waals surface area contributed by atoms with E-state index in [4.69, 9.17) is 11.6 Å². The van der Waals surface area contributed by atoms with Gasteiger partial charge in [0.25, 0.3) is 0 Å². The normalized spacial score (nSPS) is 18.6. The second-order valence-corrected chi connectivity index (χ2v) is 11.6. The Morgan fingerprint density at radius 3 is 2.19 bits per heavy atom. The summed E-state index contributed by atoms with van der Waals surface area (Å²) in [5, 5.41) is 6.32. The highest BCUT2D eigenvalue weighted by molar-refractivity contribution is 7.92. The Labute approximate surface area is 221 Å². The maximum absolute atomic E-state index is 13.4. The molecule has 1 atom stereocenters. The summed E-state index contributed by atoms with van der Waals surface area (Å²) in [4.78, 5) is 28.2. The molecular formula is C27H27ClN4O4S. The van der Waals surface area contributed by atoms with Crippen molar-refractivity contribution in [3.05, 3.63) is 88.9 Å². The van der Waals surface area contributed by atoms with Gasteiger partial charge in [0, 0.05) is 35.9 Å². The molecule has 3 aromatic rings. The number of urea groups is 1. The SMILES string of the molecule is O=C(Nc1ccc(N2CCCCS2(=O)=O)cc1)[C@H]1Cc2ccccc2CN1C(=O)Nc1ccc(Cl)cc1. The van der Waals surface area contributed by atoms with Gasteiger partial charge in [-0.1, -0.05) is 35.9 Å². The van der Waals surface area contributed by atoms with Gasteiger partial charge in [0.2, 0.25) is 15.9 Å². The van der Waals surface area contributed by atoms with Crippen molar-refractivity contribution < 1.29 is 18.0 Å². The number of nitrogens with zero attached hydrogens (tertiary/aromatic N) is 2. The molecule has 8 nitrogen and oxygen atoms in total. The number of carbonyl (C=O) groups excluding carboxylic acids is 2. The molecule has 192 valence electrons. The third-order valence-corrected chi connectivity index (χ3v) is 8.80. The summed E-state index contributed by atoms with van der Waals surface area (Å²) in [5.74, 6) is -0.179. The van der Waals surface area contributed by atoms with E-state index < -0.39 is 16.1 Å². The highest BCUT2D eigenvalue weighted by atomic mass is 35.5. The van der Waals surface area contributed by atoms with Crippen molar-refractivity contribution in [1.29, 1.82) is 0 Å². The predicted octanol–water partition coefficient (Wildman–Crippen LogP) is 4.87. The van der Waals surface area contributed by atoms with Crippen molar-refractivity contribution in [2.75, 3.05) is 27.2 Å². The molecule has 0 spiro atoms. The molecule has 1 fully saturated rings. The summed E-state index contributed by atoms with van der Waals surface area (Å²) >= 11 is 5.95. The summed E-state index contributed by atoms with van der Waals surface area (Å²) in [6, 6.07) is 20.2. The van der Waals surface area contributed by atoms with Crippen LogP contribution in [0.2, 0.25) is 5.02 Å². The zero-order chi connectivity index (χ0) is 26.0. The second-order valence-electron chi connectivity index (χ2n) is 9.18. The number of hydrogen-bond donors (Lipinski definition) is 2. The van der Waals surface area contributed by atoms with Crippen LogP contribution in [0.4, 0.5) is 21.9 Å². The molecule has 2 N–H and O–H groups in total. The molecule has 0 radical (unpaired) electrons. The summed E-state index contributed by atoms with van der Waals surface area (Å²) < 4.78 is 26.2. The van der Waals surface area contributed by atoms with Gasteiger partial charge >= 0.3 is 6.03 Å². The van der Waals surface area contributed by atoms with E-state index in [1.54, 1.807) is 48.5 Å². The largest absolute Gasteiger partial charge is 0.324 e. The molecule has 2 aliphatic rings. The predicted molar refractivity (Wildman–Crippen MR) is 145 cm³/mol. The minimum atomic E-state index is -3.32. The van der Waals surface area contributed by atoms with E-state index in [-0.39, 0.29) is 17.7 Å². The van der Waals surface area contributed by atoms with E-state index in [0.29, 0.717) is 48.0 Å². The molecule has 2 heterocycles. The van der Waals surface area contributed by atoms with Gasteiger partial charge in [0.1, 0.15) is 6.04 Å². The Morgan fingerprint density at radius 1 is 0.838 bits per heavy atom. The molecule has 3 aromatic carbocycles. The van der Waals surface area contributed by atoms with E-state index in [2.05, 4.69) is 10.6 Å². The smallest absolute Gasteiger partial charge is 0.322 e. The number of sulfonamides is 1. The Kier molecular flexibility index (Phi) is 7.08. The molecule has 0 saturated carbocycles. The van der Waals surface area contributed by atoms with Gasteiger partial charge in [0.15, 0.2) is 0 Å². The van der Waals surface area contributed by atoms with Crippen molar-refractivity contribution in [2.24, 2.45) is 0 Å². The second kappa shape index (κ2) is 10.4. The number of nitrogens with one attached hydrogen (secondary N) is 2. The van der Waals surface area contributed by atoms with Gasteiger partial charge in [-0.15, -0.1) is 0 Å². The zero-order valence-electron chi connectivity index (χ0n) is 20.1. The van der Waals surface area contributed by atoms with E-state index in [9.17, 15) is 18.0 Å². The average Bonchev–Trinajstić information content (AvgIpc) is 2.89. The number of benzene rings is 3. The van der Waals surface area contributed by atoms with Crippen LogP contribution in [-0.4, -0.2) is 43.6 Å². The van der Waals surface area contributed by atoms with Crippen molar-refractivity contribution in [1.82, 2.24) is 4.90 Å². The number of halogens is 1. The fraction of sp³-hybridized carbons (Fsp3) is 0.259. The molecule has 1 saturated heterocycles. The molecule has 0 aromatic heterocycles. The topological polar surface area (TPSA) is 98.8 Å². The average molecular weight is 539 g/mol. The van der Waals surface area contributed by atoms with Gasteiger partial charge in [-0.05, 0) is 72.5 Å². The van der Waals surface area contributed by atoms with Gasteiger partial charge in [-0.25, -0.2) is 13.2 Å². The van der Waals surface area contributed by atoms with Crippen LogP contribution in [0.3, 0.4) is 0 Å². The van der Waals surface area contributed by atoms with E-state index in [1.165, 1.54) is 9.21 Å². The molecule has 0 unspecified atom stereocenters. The van der Waals surface area contributed by atoms with Gasteiger partial charge in [-0.3, -0.25) is 9.10 Å². The fourth-order valence-corrected chi connectivity index (χ4v) is 6.48. The number of anilines is 3. The van der Waals surface area contributed by atoms with Crippen LogP contribution < -0.4 is 14.9 Å². The lowest BCUT2D eigenvalue weighted by atomic mass is 9.93. The van der Waals surface area contributed by atoms with E-state index in [0.717, 1.165) is 17.5 Å². The Bertz CT molecular complexity index is 1410. The van der Waals surface area contributed by atoms with Gasteiger partial charge in [0.05, 0.1) is 11.4 Å². The monoisotopic (exact) mass is 538 g/mol. The summed E-state index contributed by atoms with van der Waals surface area (Å²) in [5.41, 5.74) is 3.69. The van der Waals surface area contributed by atoms with Crippen LogP contribution >= 0.6 is 11.6 Å². The van der Waals surface area contributed by atoms with Gasteiger partial charge < -0.3 is 15.5 Å². The lowest BCUT2D eigenvalue weighted by Gasteiger charge is -2.36. The van der Waals surface area contributed by atoms with E-state index >= 15 is 0 Å². The molecule has 0 bridgehead atoms. The quantitative estimate of drug-likeness (QED) is 0.495. The summed E-state index contributed by atoms with van der Waals surface area (Å²) in [6.07, 6.45) is 1.86. The number of fused-ring (bicyclic) bond motifs is 1. The summed E-state index contributed by atoms with van der Waals surface area (Å²) in [7, 11) is -3.32. The first kappa shape index (κ1) is 25.1. The minimum Gasteiger partial charge on any atom is -0.324 e. The van der Waals surface area contributed by atoms with Crippen LogP contribution in [0.15, 0.2) is 72.8 Å². The van der Waals surface area contributed by atoms with Crippen LogP contribution in [-0.2, 0) is 27.8 Å². The number of carbonyl (C=O) groups is 2. The Balaban J connectivity index is 1.34. The first-order valence-corrected chi connectivity index (χ1v) is 14.1. The molecule has 10 heteroatoms. The zero-order valence-corrected chi connectivity index (χ0v) is 21.6. The number of amides is 3. The molecule has 2 aliphatic heterocycles. The van der Waals surface area contributed by atoms with Crippen LogP contribution in [0.25, 0.3) is 0 Å². The lowest BCUT2D eigenvalue weighted by Crippen LogP contribution is -2.52. The van der Waals surface area contributed by atoms with Crippen LogP contribution in [0.1, 0.15) is 24.0 Å². The summed E-state index contributed by atoms with van der Waals surface area (Å²) in [6.45, 7) is 0.743. The number of rotatable bonds is 4. The first-order valence-electron chi connectivity index (χ1n) is 12.1. The van der Waals surface area contributed by atoms with E-state index in [1.807, 2.05) is 24.3 Å². The van der Waals surface area contributed by atoms with Gasteiger partial charge in [-0.2, -0.15) is 0 Å². The third kappa shape index (κ3) is 5.57. The molecule has 3 amide bonds. The van der Waals surface area contributed by atoms with Crippen molar-refractivity contribution in [3.63, 3.8) is 0 Å². The highest BCUT2D eigenvalue weighted by Crippen LogP contribution is 2.27. The molecule has 0 aliphatic carbocycles. The van der Waals surface area contributed by atoms with Crippen LogP contribution in [0.5, 0.6) is 0 Å². The Hall–Kier alpha value is -3.56. The standard InChI is InChI=1S/C27H27ClN4O4S/c28-21-7-9-23(10-8-21)30-27(34)31-18-20-6-2-1-5-19(20)17-25(31)26(33)29-22-11-13-24(14-12-22)32-15-3-4-16-37(32,35)36/h1-2,5-14,25H,3-4,15-18H2,(H,29,33)(H,30,34)/t25-/m1/s1. The van der Waals surface area contributed by atoms with Crippen molar-refractivity contribution in [3.8, 4) is 0 Å². The fourth-order valence-electron chi connectivity index (χ4n) is 4.71. The molecule has 5 rings (SSSR count). The van der Waals surface area contributed by atoms with Crippen molar-refractivity contribution >= 4 is 50.6 Å².